The third-order valence-corrected chi connectivity index (χ3v) is 8.92. The molecule has 210 valence electrons. The molecule has 0 radical (unpaired) electrons. The fourth-order valence-corrected chi connectivity index (χ4v) is 6.76. The minimum atomic E-state index is 0.916. The summed E-state index contributed by atoms with van der Waals surface area (Å²) in [4.78, 5) is 0. The molecule has 6 aromatic carbocycles. The van der Waals surface area contributed by atoms with Gasteiger partial charge >= 0.3 is 0 Å². The molecular formula is C44H34. The lowest BCUT2D eigenvalue weighted by molar-refractivity contribution is 0.986. The molecule has 0 amide bonds. The van der Waals surface area contributed by atoms with Crippen LogP contribution >= 0.6 is 0 Å². The number of rotatable bonds is 6. The predicted molar refractivity (Wildman–Crippen MR) is 195 cm³/mol. The average molecular weight is 563 g/mol. The smallest absolute Gasteiger partial charge is 0.00204 e. The lowest BCUT2D eigenvalue weighted by atomic mass is 9.82. The van der Waals surface area contributed by atoms with Gasteiger partial charge in [-0.3, -0.25) is 0 Å². The first-order valence-corrected chi connectivity index (χ1v) is 15.2. The van der Waals surface area contributed by atoms with E-state index in [1.807, 2.05) is 12.2 Å². The van der Waals surface area contributed by atoms with Gasteiger partial charge in [0, 0.05) is 0 Å². The summed E-state index contributed by atoms with van der Waals surface area (Å²) in [6.45, 7) is 17.6. The second-order valence-electron chi connectivity index (χ2n) is 11.5. The zero-order chi connectivity index (χ0) is 30.2. The highest BCUT2D eigenvalue weighted by Crippen LogP contribution is 2.43. The minimum Gasteiger partial charge on any atom is -0.0984 e. The molecule has 0 N–H and O–H groups in total. The quantitative estimate of drug-likeness (QED) is 0.189. The van der Waals surface area contributed by atoms with Crippen LogP contribution in [0, 0.1) is 0 Å². The third-order valence-electron chi connectivity index (χ3n) is 8.92. The first-order valence-electron chi connectivity index (χ1n) is 15.2. The van der Waals surface area contributed by atoms with Crippen LogP contribution in [0.4, 0.5) is 0 Å². The van der Waals surface area contributed by atoms with E-state index in [-0.39, 0.29) is 0 Å². The van der Waals surface area contributed by atoms with Gasteiger partial charge in [0.1, 0.15) is 0 Å². The number of allylic oxidation sites excluding steroid dienone is 2. The molecule has 1 aliphatic rings. The van der Waals surface area contributed by atoms with Crippen molar-refractivity contribution >= 4 is 58.0 Å². The highest BCUT2D eigenvalue weighted by atomic mass is 14.2. The molecule has 1 aliphatic carbocycles. The summed E-state index contributed by atoms with van der Waals surface area (Å²) < 4.78 is 0. The number of benzene rings is 6. The molecule has 0 atom stereocenters. The maximum absolute atomic E-state index is 4.63. The summed E-state index contributed by atoms with van der Waals surface area (Å²) in [5.74, 6) is 0. The summed E-state index contributed by atoms with van der Waals surface area (Å²) in [6.07, 6.45) is 12.8. The van der Waals surface area contributed by atoms with Gasteiger partial charge in [-0.25, -0.2) is 0 Å². The van der Waals surface area contributed by atoms with E-state index in [1.165, 1.54) is 49.5 Å². The molecule has 0 nitrogen and oxygen atoms in total. The first-order chi connectivity index (χ1) is 21.6. The second kappa shape index (κ2) is 11.3. The summed E-state index contributed by atoms with van der Waals surface area (Å²) in [7, 11) is 0. The van der Waals surface area contributed by atoms with E-state index in [1.54, 1.807) is 0 Å². The number of fused-ring (bicyclic) bond motifs is 3. The zero-order valence-corrected chi connectivity index (χ0v) is 24.9. The van der Waals surface area contributed by atoms with Gasteiger partial charge < -0.3 is 0 Å². The van der Waals surface area contributed by atoms with Gasteiger partial charge in [0.05, 0.1) is 0 Å². The molecule has 0 saturated heterocycles. The van der Waals surface area contributed by atoms with E-state index in [2.05, 4.69) is 148 Å². The van der Waals surface area contributed by atoms with Crippen molar-refractivity contribution in [2.24, 2.45) is 0 Å². The number of aryl methyl sites for hydroxylation is 1. The minimum absolute atomic E-state index is 0.916. The van der Waals surface area contributed by atoms with Crippen LogP contribution in [0.15, 0.2) is 129 Å². The Bertz CT molecular complexity index is 2290. The van der Waals surface area contributed by atoms with Crippen LogP contribution in [-0.2, 0) is 6.42 Å². The molecule has 0 spiro atoms. The number of hydrogen-bond acceptors (Lipinski definition) is 0. The summed E-state index contributed by atoms with van der Waals surface area (Å²) in [5.41, 5.74) is 11.5. The van der Waals surface area contributed by atoms with Crippen molar-refractivity contribution in [3.05, 3.63) is 167 Å². The van der Waals surface area contributed by atoms with Crippen molar-refractivity contribution in [3.8, 4) is 22.3 Å². The molecule has 44 heavy (non-hydrogen) atoms. The van der Waals surface area contributed by atoms with Crippen LogP contribution in [0.5, 0.6) is 0 Å². The molecule has 0 bridgehead atoms. The van der Waals surface area contributed by atoms with Gasteiger partial charge in [0.25, 0.3) is 0 Å². The Morgan fingerprint density at radius 1 is 0.682 bits per heavy atom. The summed E-state index contributed by atoms with van der Waals surface area (Å²) in [5, 5.41) is 6.75. The third kappa shape index (κ3) is 4.66. The van der Waals surface area contributed by atoms with Crippen molar-refractivity contribution in [1.82, 2.24) is 0 Å². The van der Waals surface area contributed by atoms with E-state index < -0.39 is 0 Å². The Hall–Kier alpha value is -5.46. The van der Waals surface area contributed by atoms with Crippen molar-refractivity contribution in [3.63, 3.8) is 0 Å². The molecule has 0 unspecified atom stereocenters. The van der Waals surface area contributed by atoms with Crippen LogP contribution < -0.4 is 10.4 Å². The predicted octanol–water partition coefficient (Wildman–Crippen LogP) is 10.5. The van der Waals surface area contributed by atoms with Crippen molar-refractivity contribution in [1.29, 1.82) is 0 Å². The van der Waals surface area contributed by atoms with E-state index in [0.717, 1.165) is 50.9 Å². The Labute approximate surface area is 259 Å². The summed E-state index contributed by atoms with van der Waals surface area (Å²) in [6, 6.07) is 37.0. The van der Waals surface area contributed by atoms with Crippen molar-refractivity contribution < 1.29 is 0 Å². The molecule has 0 saturated carbocycles. The van der Waals surface area contributed by atoms with Gasteiger partial charge in [0.2, 0.25) is 0 Å². The van der Waals surface area contributed by atoms with E-state index in [4.69, 9.17) is 0 Å². The van der Waals surface area contributed by atoms with Crippen LogP contribution in [0.25, 0.3) is 80.3 Å². The van der Waals surface area contributed by atoms with Crippen molar-refractivity contribution in [2.45, 2.75) is 12.8 Å². The Morgan fingerprint density at radius 3 is 2.20 bits per heavy atom. The molecule has 7 rings (SSSR count). The largest absolute Gasteiger partial charge is 0.0984 e. The molecule has 0 heterocycles. The van der Waals surface area contributed by atoms with Gasteiger partial charge in [-0.2, -0.15) is 0 Å². The topological polar surface area (TPSA) is 0 Å². The fraction of sp³-hybridized carbons (Fsp3) is 0.0455. The van der Waals surface area contributed by atoms with Gasteiger partial charge in [-0.1, -0.05) is 142 Å². The summed E-state index contributed by atoms with van der Waals surface area (Å²) >= 11 is 0. The van der Waals surface area contributed by atoms with Gasteiger partial charge in [-0.05, 0) is 119 Å². The molecular weight excluding hydrogens is 528 g/mol. The van der Waals surface area contributed by atoms with E-state index in [0.29, 0.717) is 0 Å². The molecule has 0 aliphatic heterocycles. The molecule has 6 aromatic rings. The van der Waals surface area contributed by atoms with E-state index in [9.17, 15) is 0 Å². The zero-order valence-electron chi connectivity index (χ0n) is 24.9. The molecule has 0 heteroatoms. The monoisotopic (exact) mass is 562 g/mol. The SMILES string of the molecule is C=Cc1c(C=C)c(-c2cccc3ccccc23)c2ccccc2c1C(=C)C=c1cc(-c2ccc3c(c2)C=CCC3)ccc1=C. The Morgan fingerprint density at radius 2 is 1.39 bits per heavy atom. The lowest BCUT2D eigenvalue weighted by Gasteiger charge is -2.21. The Balaban J connectivity index is 1.43. The Kier molecular flexibility index (Phi) is 7.04. The normalized spacial score (nSPS) is 12.8. The van der Waals surface area contributed by atoms with Crippen molar-refractivity contribution in [2.75, 3.05) is 0 Å². The maximum Gasteiger partial charge on any atom is -0.00204 e. The van der Waals surface area contributed by atoms with E-state index >= 15 is 0 Å². The van der Waals surface area contributed by atoms with Crippen LogP contribution in [0.1, 0.15) is 34.2 Å². The highest BCUT2D eigenvalue weighted by molar-refractivity contribution is 6.15. The van der Waals surface area contributed by atoms with Crippen LogP contribution in [0.2, 0.25) is 0 Å². The van der Waals surface area contributed by atoms with Crippen LogP contribution in [0.3, 0.4) is 0 Å². The number of hydrogen-bond donors (Lipinski definition) is 0. The average Bonchev–Trinajstić information content (AvgIpc) is 3.07. The maximum atomic E-state index is 4.63. The first kappa shape index (κ1) is 27.4. The second-order valence-corrected chi connectivity index (χ2v) is 11.5. The molecule has 0 aromatic heterocycles. The van der Waals surface area contributed by atoms with Gasteiger partial charge in [-0.15, -0.1) is 0 Å². The lowest BCUT2D eigenvalue weighted by Crippen LogP contribution is -2.22. The van der Waals surface area contributed by atoms with Crippen LogP contribution in [-0.4, -0.2) is 0 Å². The van der Waals surface area contributed by atoms with Gasteiger partial charge in [0.15, 0.2) is 0 Å². The fourth-order valence-electron chi connectivity index (χ4n) is 6.76. The standard InChI is InChI=1S/C44H34/c1-5-37-38(6-2)44(40-21-13-17-32-15-9-10-18-39(32)40)42-20-12-11-19-41(42)43(37)30(4)26-36-28-34(23-22-29(36)3)35-25-24-31-14-7-8-16-33(31)27-35/h5-6,8-13,15-28H,1-4,7,14H2. The highest BCUT2D eigenvalue weighted by Gasteiger charge is 2.19. The molecule has 0 fully saturated rings.